The van der Waals surface area contributed by atoms with Crippen molar-refractivity contribution in [2.75, 3.05) is 0 Å². The predicted octanol–water partition coefficient (Wildman–Crippen LogP) is 4.12. The molecule has 104 valence electrons. The van der Waals surface area contributed by atoms with Crippen molar-refractivity contribution in [2.24, 2.45) is 5.73 Å². The van der Waals surface area contributed by atoms with Crippen molar-refractivity contribution in [2.45, 2.75) is 5.88 Å². The molecule has 1 amide bonds. The van der Waals surface area contributed by atoms with Crippen molar-refractivity contribution >= 4 is 57.8 Å². The van der Waals surface area contributed by atoms with Gasteiger partial charge in [0.2, 0.25) is 11.7 Å². The molecule has 2 rings (SSSR count). The van der Waals surface area contributed by atoms with Crippen molar-refractivity contribution in [1.82, 2.24) is 0 Å². The number of benzene rings is 1. The molecule has 0 bridgehead atoms. The number of hydrogen-bond donors (Lipinski definition) is 1. The Morgan fingerprint density at radius 1 is 1.20 bits per heavy atom. The molecule has 1 aromatic heterocycles. The van der Waals surface area contributed by atoms with Gasteiger partial charge in [0.1, 0.15) is 0 Å². The number of alkyl halides is 1. The number of ketones is 1. The number of hydrogen-bond acceptors (Lipinski definition) is 3. The van der Waals surface area contributed by atoms with Crippen LogP contribution < -0.4 is 5.73 Å². The third-order valence-electron chi connectivity index (χ3n) is 2.64. The molecule has 0 spiro atoms. The first-order valence-electron chi connectivity index (χ1n) is 5.41. The summed E-state index contributed by atoms with van der Waals surface area (Å²) in [6, 6.07) is 4.34. The van der Waals surface area contributed by atoms with E-state index in [4.69, 9.17) is 40.5 Å². The SMILES string of the molecule is NC(=O)c1cc(Cl)ccc1C(=O)c1scc(CCl)c1Cl. The van der Waals surface area contributed by atoms with Gasteiger partial charge < -0.3 is 5.73 Å². The average Bonchev–Trinajstić information content (AvgIpc) is 2.78. The van der Waals surface area contributed by atoms with Crippen molar-refractivity contribution < 1.29 is 9.59 Å². The van der Waals surface area contributed by atoms with Crippen LogP contribution in [-0.4, -0.2) is 11.7 Å². The fourth-order valence-electron chi connectivity index (χ4n) is 1.66. The van der Waals surface area contributed by atoms with Crippen LogP contribution >= 0.6 is 46.1 Å². The molecule has 3 nitrogen and oxygen atoms in total. The van der Waals surface area contributed by atoms with Gasteiger partial charge in [0, 0.05) is 16.5 Å². The molecule has 0 atom stereocenters. The maximum atomic E-state index is 12.5. The molecule has 0 saturated carbocycles. The number of rotatable bonds is 4. The quantitative estimate of drug-likeness (QED) is 0.667. The minimum absolute atomic E-state index is 0.0689. The fourth-order valence-corrected chi connectivity index (χ4v) is 3.52. The number of thiophene rings is 1. The highest BCUT2D eigenvalue weighted by Gasteiger charge is 2.22. The average molecular weight is 349 g/mol. The van der Waals surface area contributed by atoms with E-state index < -0.39 is 5.91 Å². The van der Waals surface area contributed by atoms with Gasteiger partial charge in [0.15, 0.2) is 0 Å². The highest BCUT2D eigenvalue weighted by molar-refractivity contribution is 7.13. The van der Waals surface area contributed by atoms with Crippen molar-refractivity contribution in [3.63, 3.8) is 0 Å². The van der Waals surface area contributed by atoms with E-state index in [1.54, 1.807) is 5.38 Å². The highest BCUT2D eigenvalue weighted by atomic mass is 35.5. The Bertz CT molecular complexity index is 697. The molecule has 1 aromatic carbocycles. The lowest BCUT2D eigenvalue weighted by Gasteiger charge is -2.06. The Balaban J connectivity index is 2.53. The standard InChI is InChI=1S/C13H8Cl3NO2S/c14-4-6-5-20-12(10(6)16)11(18)8-2-1-7(15)3-9(8)13(17)19/h1-3,5H,4H2,(H2,17,19). The monoisotopic (exact) mass is 347 g/mol. The van der Waals surface area contributed by atoms with Crippen LogP contribution in [-0.2, 0) is 5.88 Å². The van der Waals surface area contributed by atoms with Gasteiger partial charge in [0.25, 0.3) is 0 Å². The maximum absolute atomic E-state index is 12.5. The minimum Gasteiger partial charge on any atom is -0.366 e. The Morgan fingerprint density at radius 2 is 1.90 bits per heavy atom. The van der Waals surface area contributed by atoms with Crippen LogP contribution in [0.25, 0.3) is 0 Å². The summed E-state index contributed by atoms with van der Waals surface area (Å²) in [5.74, 6) is -0.880. The van der Waals surface area contributed by atoms with Crippen molar-refractivity contribution in [3.05, 3.63) is 55.2 Å². The smallest absolute Gasteiger partial charge is 0.249 e. The number of primary amides is 1. The van der Waals surface area contributed by atoms with Crippen LogP contribution in [0.2, 0.25) is 10.0 Å². The van der Waals surface area contributed by atoms with Gasteiger partial charge in [-0.15, -0.1) is 22.9 Å². The molecule has 0 aliphatic rings. The predicted molar refractivity (Wildman–Crippen MR) is 82.3 cm³/mol. The molecule has 7 heteroatoms. The number of nitrogens with two attached hydrogens (primary N) is 1. The van der Waals surface area contributed by atoms with Crippen molar-refractivity contribution in [3.8, 4) is 0 Å². The summed E-state index contributed by atoms with van der Waals surface area (Å²) in [6.45, 7) is 0. The van der Waals surface area contributed by atoms with Gasteiger partial charge in [0.05, 0.1) is 15.5 Å². The second-order valence-electron chi connectivity index (χ2n) is 3.92. The second-order valence-corrected chi connectivity index (χ2v) is 5.88. The highest BCUT2D eigenvalue weighted by Crippen LogP contribution is 2.32. The fraction of sp³-hybridized carbons (Fsp3) is 0.0769. The van der Waals surface area contributed by atoms with E-state index in [0.717, 1.165) is 0 Å². The summed E-state index contributed by atoms with van der Waals surface area (Å²) >= 11 is 18.8. The van der Waals surface area contributed by atoms with E-state index in [0.29, 0.717) is 20.5 Å². The molecular formula is C13H8Cl3NO2S. The minimum atomic E-state index is -0.721. The molecule has 0 saturated heterocycles. The van der Waals surface area contributed by atoms with Gasteiger partial charge in [-0.05, 0) is 29.1 Å². The lowest BCUT2D eigenvalue weighted by molar-refractivity contribution is 0.0982. The molecular weight excluding hydrogens is 341 g/mol. The molecule has 0 aliphatic carbocycles. The number of carbonyl (C=O) groups is 2. The molecule has 0 unspecified atom stereocenters. The van der Waals surface area contributed by atoms with Crippen molar-refractivity contribution in [1.29, 1.82) is 0 Å². The van der Waals surface area contributed by atoms with E-state index in [9.17, 15) is 9.59 Å². The molecule has 0 aliphatic heterocycles. The number of carbonyl (C=O) groups excluding carboxylic acids is 2. The first-order valence-corrected chi connectivity index (χ1v) is 7.58. The zero-order valence-electron chi connectivity index (χ0n) is 9.95. The van der Waals surface area contributed by atoms with Crippen LogP contribution in [0, 0.1) is 0 Å². The number of amides is 1. The Morgan fingerprint density at radius 3 is 2.45 bits per heavy atom. The van der Waals surface area contributed by atoms with E-state index in [2.05, 4.69) is 0 Å². The van der Waals surface area contributed by atoms with E-state index in [1.165, 1.54) is 29.5 Å². The van der Waals surface area contributed by atoms with Crippen LogP contribution in [0.3, 0.4) is 0 Å². The molecule has 0 fully saturated rings. The summed E-state index contributed by atoms with van der Waals surface area (Å²) in [7, 11) is 0. The first kappa shape index (κ1) is 15.3. The first-order chi connectivity index (χ1) is 9.45. The lowest BCUT2D eigenvalue weighted by Crippen LogP contribution is -2.16. The third kappa shape index (κ3) is 2.83. The van der Waals surface area contributed by atoms with Gasteiger partial charge in [-0.2, -0.15) is 0 Å². The summed E-state index contributed by atoms with van der Waals surface area (Å²) in [5.41, 5.74) is 6.19. The van der Waals surface area contributed by atoms with E-state index in [-0.39, 0.29) is 22.8 Å². The number of halogens is 3. The zero-order chi connectivity index (χ0) is 14.9. The summed E-state index contributed by atoms with van der Waals surface area (Å²) in [4.78, 5) is 24.2. The topological polar surface area (TPSA) is 60.2 Å². The largest absolute Gasteiger partial charge is 0.366 e. The van der Waals surface area contributed by atoms with Crippen LogP contribution in [0.5, 0.6) is 0 Å². The van der Waals surface area contributed by atoms with Gasteiger partial charge in [-0.25, -0.2) is 0 Å². The third-order valence-corrected chi connectivity index (χ3v) is 4.74. The molecule has 2 aromatic rings. The van der Waals surface area contributed by atoms with E-state index >= 15 is 0 Å². The normalized spacial score (nSPS) is 10.6. The Kier molecular flexibility index (Phi) is 4.70. The van der Waals surface area contributed by atoms with Gasteiger partial charge in [-0.1, -0.05) is 23.2 Å². The Hall–Kier alpha value is -1.07. The molecule has 1 heterocycles. The van der Waals surface area contributed by atoms with Gasteiger partial charge >= 0.3 is 0 Å². The molecule has 20 heavy (non-hydrogen) atoms. The zero-order valence-corrected chi connectivity index (χ0v) is 13.0. The van der Waals surface area contributed by atoms with Gasteiger partial charge in [-0.3, -0.25) is 9.59 Å². The summed E-state index contributed by atoms with van der Waals surface area (Å²) in [5, 5.41) is 2.34. The summed E-state index contributed by atoms with van der Waals surface area (Å²) in [6.07, 6.45) is 0. The lowest BCUT2D eigenvalue weighted by atomic mass is 10.0. The molecule has 2 N–H and O–H groups in total. The second kappa shape index (κ2) is 6.14. The summed E-state index contributed by atoms with van der Waals surface area (Å²) < 4.78 is 0. The van der Waals surface area contributed by atoms with E-state index in [1.807, 2.05) is 0 Å². The van der Waals surface area contributed by atoms with Crippen LogP contribution in [0.1, 0.15) is 31.2 Å². The van der Waals surface area contributed by atoms with Crippen LogP contribution in [0.4, 0.5) is 0 Å². The maximum Gasteiger partial charge on any atom is 0.249 e. The van der Waals surface area contributed by atoms with Crippen LogP contribution in [0.15, 0.2) is 23.6 Å². The Labute approximate surface area is 134 Å². The molecule has 0 radical (unpaired) electrons.